The summed E-state index contributed by atoms with van der Waals surface area (Å²) in [5.74, 6) is 2.00. The van der Waals surface area contributed by atoms with Gasteiger partial charge in [0.05, 0.1) is 19.7 Å². The predicted octanol–water partition coefficient (Wildman–Crippen LogP) is 1.86. The number of likely N-dealkylation sites (N-methyl/N-ethyl adjacent to an activating group) is 1. The van der Waals surface area contributed by atoms with E-state index in [0.29, 0.717) is 6.04 Å². The molecule has 1 atom stereocenters. The normalized spacial score (nSPS) is 13.2. The first-order chi connectivity index (χ1) is 8.21. The number of methoxy groups -OCH3 is 1. The topological polar surface area (TPSA) is 37.6 Å². The zero-order valence-corrected chi connectivity index (χ0v) is 11.3. The summed E-state index contributed by atoms with van der Waals surface area (Å²) in [6, 6.07) is 4.48. The molecule has 0 bridgehead atoms. The molecule has 0 radical (unpaired) electrons. The van der Waals surface area contributed by atoms with E-state index in [2.05, 4.69) is 30.1 Å². The maximum absolute atomic E-state index is 5.74. The highest BCUT2D eigenvalue weighted by Crippen LogP contribution is 2.12. The van der Waals surface area contributed by atoms with E-state index < -0.39 is 0 Å². The number of hydrogen-bond donors (Lipinski definition) is 1. The van der Waals surface area contributed by atoms with Crippen LogP contribution >= 0.6 is 0 Å². The smallest absolute Gasteiger partial charge is 0.118 e. The van der Waals surface area contributed by atoms with Gasteiger partial charge in [0.1, 0.15) is 11.5 Å². The van der Waals surface area contributed by atoms with E-state index in [9.17, 15) is 0 Å². The minimum absolute atomic E-state index is 0.405. The molecule has 1 rings (SSSR count). The summed E-state index contributed by atoms with van der Waals surface area (Å²) in [7, 11) is 3.66. The van der Waals surface area contributed by atoms with Gasteiger partial charge < -0.3 is 14.5 Å². The quantitative estimate of drug-likeness (QED) is 0.752. The van der Waals surface area contributed by atoms with E-state index >= 15 is 0 Å². The van der Waals surface area contributed by atoms with Crippen LogP contribution in [-0.4, -0.2) is 38.3 Å². The summed E-state index contributed by atoms with van der Waals surface area (Å²) < 4.78 is 10.9. The fourth-order valence-electron chi connectivity index (χ4n) is 1.90. The van der Waals surface area contributed by atoms with Crippen LogP contribution in [0.25, 0.3) is 0 Å². The molecule has 0 saturated heterocycles. The number of nitrogens with one attached hydrogen (secondary N) is 1. The molecule has 17 heavy (non-hydrogen) atoms. The molecule has 0 aliphatic carbocycles. The third kappa shape index (κ3) is 4.50. The summed E-state index contributed by atoms with van der Waals surface area (Å²) in [6.45, 7) is 7.68. The van der Waals surface area contributed by atoms with Crippen LogP contribution in [0.1, 0.15) is 25.4 Å². The Morgan fingerprint density at radius 2 is 2.12 bits per heavy atom. The Morgan fingerprint density at radius 1 is 1.41 bits per heavy atom. The molecule has 0 aliphatic heterocycles. The maximum Gasteiger partial charge on any atom is 0.118 e. The highest BCUT2D eigenvalue weighted by Gasteiger charge is 2.14. The Kier molecular flexibility index (Phi) is 6.26. The van der Waals surface area contributed by atoms with Gasteiger partial charge >= 0.3 is 0 Å². The first-order valence-corrected chi connectivity index (χ1v) is 6.16. The summed E-state index contributed by atoms with van der Waals surface area (Å²) in [5.41, 5.74) is 0. The molecular weight excluding hydrogens is 216 g/mol. The van der Waals surface area contributed by atoms with E-state index in [1.807, 2.05) is 13.1 Å². The number of hydrogen-bond acceptors (Lipinski definition) is 4. The van der Waals surface area contributed by atoms with Crippen molar-refractivity contribution < 1.29 is 9.15 Å². The van der Waals surface area contributed by atoms with E-state index in [4.69, 9.17) is 9.15 Å². The summed E-state index contributed by atoms with van der Waals surface area (Å²) in [6.07, 6.45) is 0. The van der Waals surface area contributed by atoms with Crippen molar-refractivity contribution in [3.8, 4) is 0 Å². The molecule has 1 aromatic rings. The van der Waals surface area contributed by atoms with Gasteiger partial charge in [0.2, 0.25) is 0 Å². The van der Waals surface area contributed by atoms with Gasteiger partial charge in [-0.3, -0.25) is 4.90 Å². The van der Waals surface area contributed by atoms with Crippen LogP contribution in [-0.2, 0) is 17.8 Å². The second-order valence-corrected chi connectivity index (χ2v) is 4.27. The Bertz CT molecular complexity index is 312. The molecule has 4 nitrogen and oxygen atoms in total. The van der Waals surface area contributed by atoms with E-state index in [-0.39, 0.29) is 0 Å². The third-order valence-electron chi connectivity index (χ3n) is 2.86. The lowest BCUT2D eigenvalue weighted by Crippen LogP contribution is -2.35. The van der Waals surface area contributed by atoms with E-state index in [0.717, 1.165) is 37.8 Å². The van der Waals surface area contributed by atoms with Crippen molar-refractivity contribution in [2.75, 3.05) is 27.3 Å². The van der Waals surface area contributed by atoms with Gasteiger partial charge in [-0.15, -0.1) is 0 Å². The second-order valence-electron chi connectivity index (χ2n) is 4.27. The van der Waals surface area contributed by atoms with Crippen LogP contribution in [0.2, 0.25) is 0 Å². The second kappa shape index (κ2) is 7.48. The first kappa shape index (κ1) is 14.2. The molecule has 0 amide bonds. The molecular formula is C13H24N2O2. The minimum atomic E-state index is 0.405. The van der Waals surface area contributed by atoms with Gasteiger partial charge in [-0.25, -0.2) is 0 Å². The van der Waals surface area contributed by atoms with Crippen LogP contribution in [0.5, 0.6) is 0 Å². The van der Waals surface area contributed by atoms with Gasteiger partial charge in [-0.1, -0.05) is 6.92 Å². The standard InChI is InChI=1S/C13H24N2O2/c1-5-15(11(2)10-16-4)9-13-7-6-12(17-13)8-14-3/h6-7,11,14H,5,8-10H2,1-4H3. The fraction of sp³-hybridized carbons (Fsp3) is 0.692. The Morgan fingerprint density at radius 3 is 2.71 bits per heavy atom. The lowest BCUT2D eigenvalue weighted by atomic mass is 10.2. The van der Waals surface area contributed by atoms with Crippen molar-refractivity contribution in [1.29, 1.82) is 0 Å². The molecule has 0 fully saturated rings. The van der Waals surface area contributed by atoms with Gasteiger partial charge in [0.15, 0.2) is 0 Å². The van der Waals surface area contributed by atoms with Crippen LogP contribution in [0.15, 0.2) is 16.5 Å². The van der Waals surface area contributed by atoms with Gasteiger partial charge in [-0.05, 0) is 32.6 Å². The first-order valence-electron chi connectivity index (χ1n) is 6.16. The lowest BCUT2D eigenvalue weighted by molar-refractivity contribution is 0.0933. The molecule has 0 aliphatic rings. The van der Waals surface area contributed by atoms with E-state index in [1.54, 1.807) is 7.11 Å². The Balaban J connectivity index is 2.54. The molecule has 0 aromatic carbocycles. The Labute approximate surface area is 104 Å². The SMILES string of the molecule is CCN(Cc1ccc(CNC)o1)C(C)COC. The molecule has 1 N–H and O–H groups in total. The largest absolute Gasteiger partial charge is 0.463 e. The van der Waals surface area contributed by atoms with Crippen LogP contribution in [0.4, 0.5) is 0 Å². The van der Waals surface area contributed by atoms with Gasteiger partial charge in [0.25, 0.3) is 0 Å². The highest BCUT2D eigenvalue weighted by molar-refractivity contribution is 5.07. The molecule has 4 heteroatoms. The number of ether oxygens (including phenoxy) is 1. The zero-order valence-electron chi connectivity index (χ0n) is 11.3. The average Bonchev–Trinajstić information content (AvgIpc) is 2.74. The molecule has 1 unspecified atom stereocenters. The monoisotopic (exact) mass is 240 g/mol. The Hall–Kier alpha value is -0.840. The van der Waals surface area contributed by atoms with Crippen LogP contribution in [0.3, 0.4) is 0 Å². The number of rotatable bonds is 8. The fourth-order valence-corrected chi connectivity index (χ4v) is 1.90. The van der Waals surface area contributed by atoms with Crippen molar-refractivity contribution in [3.63, 3.8) is 0 Å². The predicted molar refractivity (Wildman–Crippen MR) is 68.9 cm³/mol. The van der Waals surface area contributed by atoms with Crippen molar-refractivity contribution in [2.45, 2.75) is 33.0 Å². The summed E-state index contributed by atoms with van der Waals surface area (Å²) in [4.78, 5) is 2.34. The van der Waals surface area contributed by atoms with E-state index in [1.165, 1.54) is 0 Å². The summed E-state index contributed by atoms with van der Waals surface area (Å²) >= 11 is 0. The number of furan rings is 1. The van der Waals surface area contributed by atoms with Crippen molar-refractivity contribution in [2.24, 2.45) is 0 Å². The third-order valence-corrected chi connectivity index (χ3v) is 2.86. The molecule has 0 saturated carbocycles. The minimum Gasteiger partial charge on any atom is -0.463 e. The molecule has 1 heterocycles. The van der Waals surface area contributed by atoms with Crippen molar-refractivity contribution >= 4 is 0 Å². The zero-order chi connectivity index (χ0) is 12.7. The molecule has 0 spiro atoms. The average molecular weight is 240 g/mol. The molecule has 98 valence electrons. The van der Waals surface area contributed by atoms with Gasteiger partial charge in [-0.2, -0.15) is 0 Å². The van der Waals surface area contributed by atoms with Crippen molar-refractivity contribution in [1.82, 2.24) is 10.2 Å². The lowest BCUT2D eigenvalue weighted by Gasteiger charge is -2.26. The number of nitrogens with zero attached hydrogens (tertiary/aromatic N) is 1. The van der Waals surface area contributed by atoms with Crippen molar-refractivity contribution in [3.05, 3.63) is 23.7 Å². The highest BCUT2D eigenvalue weighted by atomic mass is 16.5. The maximum atomic E-state index is 5.74. The van der Waals surface area contributed by atoms with Crippen LogP contribution < -0.4 is 5.32 Å². The van der Waals surface area contributed by atoms with Crippen LogP contribution in [0, 0.1) is 0 Å². The summed E-state index contributed by atoms with van der Waals surface area (Å²) in [5, 5.41) is 3.08. The van der Waals surface area contributed by atoms with Gasteiger partial charge in [0, 0.05) is 13.2 Å². The molecule has 1 aromatic heterocycles.